The molecule has 0 unspecified atom stereocenters. The summed E-state index contributed by atoms with van der Waals surface area (Å²) in [4.78, 5) is 11.1. The molecule has 2 aromatic rings. The summed E-state index contributed by atoms with van der Waals surface area (Å²) in [6.07, 6.45) is -0.532. The molecule has 2 rings (SSSR count). The monoisotopic (exact) mass is 288 g/mol. The zero-order chi connectivity index (χ0) is 15.2. The van der Waals surface area contributed by atoms with Gasteiger partial charge in [-0.3, -0.25) is 5.32 Å². The topological polar surface area (TPSA) is 90.8 Å². The van der Waals surface area contributed by atoms with E-state index >= 15 is 0 Å². The van der Waals surface area contributed by atoms with Crippen LogP contribution in [0.3, 0.4) is 0 Å². The first kappa shape index (κ1) is 14.5. The van der Waals surface area contributed by atoms with Crippen LogP contribution in [0.1, 0.15) is 5.56 Å². The number of carbonyl (C=O) groups is 1. The van der Waals surface area contributed by atoms with Crippen molar-refractivity contribution in [3.8, 4) is 11.5 Å². The second kappa shape index (κ2) is 6.51. The molecule has 0 atom stereocenters. The van der Waals surface area contributed by atoms with Gasteiger partial charge in [-0.2, -0.15) is 0 Å². The maximum absolute atomic E-state index is 11.1. The highest BCUT2D eigenvalue weighted by atomic mass is 16.5. The number of amides is 1. The van der Waals surface area contributed by atoms with E-state index in [1.54, 1.807) is 24.3 Å². The van der Waals surface area contributed by atoms with E-state index in [2.05, 4.69) is 15.4 Å². The lowest BCUT2D eigenvalue weighted by Crippen LogP contribution is -2.11. The van der Waals surface area contributed by atoms with Crippen LogP contribution in [0.15, 0.2) is 42.5 Å². The maximum atomic E-state index is 11.1. The van der Waals surface area contributed by atoms with Gasteiger partial charge in [-0.05, 0) is 35.9 Å². The van der Waals surface area contributed by atoms with E-state index in [0.717, 1.165) is 11.3 Å². The molecule has 0 aliphatic carbocycles. The molecule has 0 aliphatic heterocycles. The number of phenolic OH excluding ortho intramolecular Hbond substituents is 2. The second-order valence-electron chi connectivity index (χ2n) is 4.37. The van der Waals surface area contributed by atoms with Crippen molar-refractivity contribution in [1.29, 1.82) is 0 Å². The van der Waals surface area contributed by atoms with Crippen LogP contribution >= 0.6 is 0 Å². The molecule has 0 radical (unpaired) electrons. The highest BCUT2D eigenvalue weighted by Crippen LogP contribution is 2.25. The van der Waals surface area contributed by atoms with Crippen LogP contribution in [0.2, 0.25) is 0 Å². The van der Waals surface area contributed by atoms with Crippen molar-refractivity contribution >= 4 is 17.5 Å². The smallest absolute Gasteiger partial charge is 0.411 e. The first-order valence-electron chi connectivity index (χ1n) is 6.28. The van der Waals surface area contributed by atoms with Crippen LogP contribution in [0.5, 0.6) is 11.5 Å². The third kappa shape index (κ3) is 4.04. The largest absolute Gasteiger partial charge is 0.504 e. The summed E-state index contributed by atoms with van der Waals surface area (Å²) in [6.45, 7) is 0.468. The summed E-state index contributed by atoms with van der Waals surface area (Å²) < 4.78 is 4.53. The summed E-state index contributed by atoms with van der Waals surface area (Å²) in [6, 6.07) is 11.8. The molecular weight excluding hydrogens is 272 g/mol. The molecule has 0 aliphatic rings. The molecule has 1 amide bonds. The number of anilines is 2. The molecule has 6 heteroatoms. The Labute approximate surface area is 122 Å². The molecule has 0 aromatic heterocycles. The number of aromatic hydroxyl groups is 2. The van der Waals surface area contributed by atoms with Crippen LogP contribution < -0.4 is 10.6 Å². The number of phenols is 2. The van der Waals surface area contributed by atoms with E-state index in [1.807, 2.05) is 6.07 Å². The van der Waals surface area contributed by atoms with Crippen LogP contribution in [-0.4, -0.2) is 23.4 Å². The van der Waals surface area contributed by atoms with Crippen LogP contribution in [0.25, 0.3) is 0 Å². The molecule has 0 saturated carbocycles. The second-order valence-corrected chi connectivity index (χ2v) is 4.37. The normalized spacial score (nSPS) is 9.95. The Hall–Kier alpha value is -2.89. The fraction of sp³-hybridized carbons (Fsp3) is 0.133. The van der Waals surface area contributed by atoms with Crippen molar-refractivity contribution in [2.45, 2.75) is 6.54 Å². The van der Waals surface area contributed by atoms with Gasteiger partial charge in [0.15, 0.2) is 11.5 Å². The molecule has 0 saturated heterocycles. The standard InChI is InChI=1S/C15H16N2O4/c1-21-15(20)17-12-4-2-3-11(8-12)16-9-10-5-6-13(18)14(19)7-10/h2-8,16,18-19H,9H2,1H3,(H,17,20). The Morgan fingerprint density at radius 2 is 1.86 bits per heavy atom. The van der Waals surface area contributed by atoms with Gasteiger partial charge in [0.2, 0.25) is 0 Å². The van der Waals surface area contributed by atoms with Crippen molar-refractivity contribution in [3.05, 3.63) is 48.0 Å². The minimum Gasteiger partial charge on any atom is -0.504 e. The summed E-state index contributed by atoms with van der Waals surface area (Å²) in [7, 11) is 1.30. The zero-order valence-corrected chi connectivity index (χ0v) is 11.5. The quantitative estimate of drug-likeness (QED) is 0.649. The minimum atomic E-state index is -0.532. The van der Waals surface area contributed by atoms with Gasteiger partial charge in [-0.15, -0.1) is 0 Å². The average molecular weight is 288 g/mol. The van der Waals surface area contributed by atoms with E-state index < -0.39 is 6.09 Å². The maximum Gasteiger partial charge on any atom is 0.411 e. The zero-order valence-electron chi connectivity index (χ0n) is 11.5. The molecule has 0 spiro atoms. The van der Waals surface area contributed by atoms with E-state index in [-0.39, 0.29) is 11.5 Å². The van der Waals surface area contributed by atoms with Gasteiger partial charge in [-0.1, -0.05) is 12.1 Å². The lowest BCUT2D eigenvalue weighted by Gasteiger charge is -2.09. The van der Waals surface area contributed by atoms with Crippen molar-refractivity contribution in [3.63, 3.8) is 0 Å². The Balaban J connectivity index is 2.01. The van der Waals surface area contributed by atoms with Crippen molar-refractivity contribution in [2.75, 3.05) is 17.7 Å². The predicted molar refractivity (Wildman–Crippen MR) is 79.6 cm³/mol. The SMILES string of the molecule is COC(=O)Nc1cccc(NCc2ccc(O)c(O)c2)c1. The van der Waals surface area contributed by atoms with Gasteiger partial charge in [0.05, 0.1) is 7.11 Å². The third-order valence-corrected chi connectivity index (χ3v) is 2.83. The van der Waals surface area contributed by atoms with Gasteiger partial charge in [0.25, 0.3) is 0 Å². The summed E-state index contributed by atoms with van der Waals surface area (Å²) in [5, 5.41) is 24.4. The summed E-state index contributed by atoms with van der Waals surface area (Å²) >= 11 is 0. The number of rotatable bonds is 4. The Morgan fingerprint density at radius 3 is 2.57 bits per heavy atom. The van der Waals surface area contributed by atoms with Crippen molar-refractivity contribution < 1.29 is 19.7 Å². The first-order valence-corrected chi connectivity index (χ1v) is 6.28. The minimum absolute atomic E-state index is 0.150. The molecule has 0 fully saturated rings. The van der Waals surface area contributed by atoms with Crippen molar-refractivity contribution in [2.24, 2.45) is 0 Å². The van der Waals surface area contributed by atoms with Gasteiger partial charge in [0.1, 0.15) is 0 Å². The van der Waals surface area contributed by atoms with Gasteiger partial charge >= 0.3 is 6.09 Å². The van der Waals surface area contributed by atoms with Gasteiger partial charge in [-0.25, -0.2) is 4.79 Å². The highest BCUT2D eigenvalue weighted by molar-refractivity contribution is 5.85. The van der Waals surface area contributed by atoms with E-state index in [4.69, 9.17) is 0 Å². The van der Waals surface area contributed by atoms with Crippen molar-refractivity contribution in [1.82, 2.24) is 0 Å². The van der Waals surface area contributed by atoms with Crippen LogP contribution in [0.4, 0.5) is 16.2 Å². The number of carbonyl (C=O) groups excluding carboxylic acids is 1. The number of hydrogen-bond acceptors (Lipinski definition) is 5. The lowest BCUT2D eigenvalue weighted by molar-refractivity contribution is 0.187. The average Bonchev–Trinajstić information content (AvgIpc) is 2.49. The number of nitrogens with one attached hydrogen (secondary N) is 2. The van der Waals surface area contributed by atoms with Gasteiger partial charge in [0, 0.05) is 17.9 Å². The van der Waals surface area contributed by atoms with E-state index in [0.29, 0.717) is 12.2 Å². The lowest BCUT2D eigenvalue weighted by atomic mass is 10.2. The number of ether oxygens (including phenoxy) is 1. The van der Waals surface area contributed by atoms with E-state index in [9.17, 15) is 15.0 Å². The molecular formula is C15H16N2O4. The highest BCUT2D eigenvalue weighted by Gasteiger charge is 2.03. The predicted octanol–water partition coefficient (Wildman–Crippen LogP) is 2.89. The Bertz CT molecular complexity index is 643. The molecule has 2 aromatic carbocycles. The molecule has 4 N–H and O–H groups in total. The third-order valence-electron chi connectivity index (χ3n) is 2.83. The molecule has 110 valence electrons. The molecule has 21 heavy (non-hydrogen) atoms. The number of benzene rings is 2. The molecule has 0 bridgehead atoms. The van der Waals surface area contributed by atoms with Crippen LogP contribution in [0, 0.1) is 0 Å². The molecule has 0 heterocycles. The Kier molecular flexibility index (Phi) is 4.50. The first-order chi connectivity index (χ1) is 10.1. The number of methoxy groups -OCH3 is 1. The fourth-order valence-corrected chi connectivity index (χ4v) is 1.76. The van der Waals surface area contributed by atoms with Gasteiger partial charge < -0.3 is 20.3 Å². The Morgan fingerprint density at radius 1 is 1.10 bits per heavy atom. The summed E-state index contributed by atoms with van der Waals surface area (Å²) in [5.74, 6) is -0.307. The molecule has 6 nitrogen and oxygen atoms in total. The summed E-state index contributed by atoms with van der Waals surface area (Å²) in [5.41, 5.74) is 2.23. The fourth-order valence-electron chi connectivity index (χ4n) is 1.76. The van der Waals surface area contributed by atoms with E-state index in [1.165, 1.54) is 19.2 Å². The number of hydrogen-bond donors (Lipinski definition) is 4. The van der Waals surface area contributed by atoms with Crippen LogP contribution in [-0.2, 0) is 11.3 Å².